The summed E-state index contributed by atoms with van der Waals surface area (Å²) in [5.74, 6) is -0.346. The van der Waals surface area contributed by atoms with Gasteiger partial charge in [0.25, 0.3) is 0 Å². The molecule has 1 unspecified atom stereocenters. The number of aryl methyl sites for hydroxylation is 3. The lowest BCUT2D eigenvalue weighted by molar-refractivity contribution is -0.136. The van der Waals surface area contributed by atoms with E-state index in [4.69, 9.17) is 0 Å². The van der Waals surface area contributed by atoms with Gasteiger partial charge in [0, 0.05) is 5.69 Å². The molecule has 5 nitrogen and oxygen atoms in total. The minimum absolute atomic E-state index is 0.0616. The summed E-state index contributed by atoms with van der Waals surface area (Å²) in [6.45, 7) is 6.75. The van der Waals surface area contributed by atoms with Crippen molar-refractivity contribution < 1.29 is 18.0 Å². The maximum atomic E-state index is 13.4. The van der Waals surface area contributed by atoms with Crippen LogP contribution in [-0.2, 0) is 23.9 Å². The molecule has 30 heavy (non-hydrogen) atoms. The Morgan fingerprint density at radius 3 is 2.47 bits per heavy atom. The van der Waals surface area contributed by atoms with E-state index in [0.717, 1.165) is 24.5 Å². The molecule has 3 aromatic rings. The maximum absolute atomic E-state index is 13.4. The van der Waals surface area contributed by atoms with Gasteiger partial charge in [-0.15, -0.1) is 0 Å². The molecule has 1 atom stereocenters. The summed E-state index contributed by atoms with van der Waals surface area (Å²) >= 11 is 0. The highest BCUT2D eigenvalue weighted by molar-refractivity contribution is 5.85. The van der Waals surface area contributed by atoms with Crippen molar-refractivity contribution in [3.8, 4) is 0 Å². The SMILES string of the molecule is CCCc1ccc(C(C)NC(=O)Cn2nc(C)c3c(C(F)(F)F)cc(C)nc32)cc1. The summed E-state index contributed by atoms with van der Waals surface area (Å²) in [6.07, 6.45) is -2.46. The Balaban J connectivity index is 1.80. The number of carbonyl (C=O) groups excluding carboxylic acids is 1. The van der Waals surface area contributed by atoms with E-state index in [0.29, 0.717) is 0 Å². The number of nitrogens with zero attached hydrogens (tertiary/aromatic N) is 3. The van der Waals surface area contributed by atoms with E-state index in [-0.39, 0.29) is 40.9 Å². The Morgan fingerprint density at radius 1 is 1.20 bits per heavy atom. The first-order valence-corrected chi connectivity index (χ1v) is 9.90. The molecule has 0 fully saturated rings. The van der Waals surface area contributed by atoms with Crippen LogP contribution in [0.3, 0.4) is 0 Å². The maximum Gasteiger partial charge on any atom is 0.417 e. The van der Waals surface area contributed by atoms with Gasteiger partial charge < -0.3 is 5.32 Å². The highest BCUT2D eigenvalue weighted by Crippen LogP contribution is 2.36. The van der Waals surface area contributed by atoms with Crippen molar-refractivity contribution in [3.05, 3.63) is 58.4 Å². The van der Waals surface area contributed by atoms with Gasteiger partial charge in [0.05, 0.1) is 22.7 Å². The number of aromatic nitrogens is 3. The lowest BCUT2D eigenvalue weighted by atomic mass is 10.0. The van der Waals surface area contributed by atoms with Gasteiger partial charge in [-0.1, -0.05) is 37.6 Å². The first-order chi connectivity index (χ1) is 14.1. The Bertz CT molecular complexity index is 1050. The number of alkyl halides is 3. The number of fused-ring (bicyclic) bond motifs is 1. The van der Waals surface area contributed by atoms with E-state index in [1.807, 2.05) is 31.2 Å². The number of pyridine rings is 1. The fourth-order valence-corrected chi connectivity index (χ4v) is 3.58. The number of amides is 1. The smallest absolute Gasteiger partial charge is 0.348 e. The molecule has 1 amide bonds. The van der Waals surface area contributed by atoms with Gasteiger partial charge in [-0.05, 0) is 44.4 Å². The molecule has 1 aromatic carbocycles. The average molecular weight is 418 g/mol. The first-order valence-electron chi connectivity index (χ1n) is 9.90. The van der Waals surface area contributed by atoms with Crippen molar-refractivity contribution >= 4 is 16.9 Å². The second-order valence-corrected chi connectivity index (χ2v) is 7.53. The third-order valence-electron chi connectivity index (χ3n) is 5.00. The summed E-state index contributed by atoms with van der Waals surface area (Å²) in [6, 6.07) is 8.80. The summed E-state index contributed by atoms with van der Waals surface area (Å²) in [5.41, 5.74) is 1.88. The van der Waals surface area contributed by atoms with Crippen molar-refractivity contribution in [1.29, 1.82) is 0 Å². The van der Waals surface area contributed by atoms with E-state index in [2.05, 4.69) is 22.3 Å². The van der Waals surface area contributed by atoms with Crippen molar-refractivity contribution in [2.75, 3.05) is 0 Å². The summed E-state index contributed by atoms with van der Waals surface area (Å²) < 4.78 is 41.6. The first kappa shape index (κ1) is 21.8. The molecule has 8 heteroatoms. The van der Waals surface area contributed by atoms with E-state index < -0.39 is 11.7 Å². The predicted molar refractivity (Wildman–Crippen MR) is 109 cm³/mol. The van der Waals surface area contributed by atoms with Crippen LogP contribution in [0.2, 0.25) is 0 Å². The Hall–Kier alpha value is -2.90. The molecule has 2 heterocycles. The summed E-state index contributed by atoms with van der Waals surface area (Å²) in [7, 11) is 0. The van der Waals surface area contributed by atoms with Crippen molar-refractivity contribution in [2.24, 2.45) is 0 Å². The molecule has 1 N–H and O–H groups in total. The molecule has 0 spiro atoms. The van der Waals surface area contributed by atoms with Crippen LogP contribution >= 0.6 is 0 Å². The monoisotopic (exact) mass is 418 g/mol. The second kappa shape index (κ2) is 8.45. The number of nitrogens with one attached hydrogen (secondary N) is 1. The van der Waals surface area contributed by atoms with Gasteiger partial charge in [-0.25, -0.2) is 9.67 Å². The minimum atomic E-state index is -4.52. The van der Waals surface area contributed by atoms with Crippen LogP contribution in [0.4, 0.5) is 13.2 Å². The zero-order valence-electron chi connectivity index (χ0n) is 17.5. The Morgan fingerprint density at radius 2 is 1.87 bits per heavy atom. The normalized spacial score (nSPS) is 12.9. The van der Waals surface area contributed by atoms with Gasteiger partial charge in [0.1, 0.15) is 6.54 Å². The van der Waals surface area contributed by atoms with Crippen molar-refractivity contribution in [3.63, 3.8) is 0 Å². The van der Waals surface area contributed by atoms with E-state index in [1.54, 1.807) is 0 Å². The lowest BCUT2D eigenvalue weighted by Gasteiger charge is -2.15. The zero-order valence-corrected chi connectivity index (χ0v) is 17.5. The molecular weight excluding hydrogens is 393 g/mol. The van der Waals surface area contributed by atoms with Crippen molar-refractivity contribution in [1.82, 2.24) is 20.1 Å². The standard InChI is InChI=1S/C22H25F3N4O/c1-5-6-16-7-9-17(10-8-16)14(3)27-19(30)12-29-21-20(15(4)28-29)18(22(23,24)25)11-13(2)26-21/h7-11,14H,5-6,12H2,1-4H3,(H,27,30). The van der Waals surface area contributed by atoms with Gasteiger partial charge >= 0.3 is 6.18 Å². The highest BCUT2D eigenvalue weighted by atomic mass is 19.4. The van der Waals surface area contributed by atoms with Gasteiger partial charge in [0.2, 0.25) is 5.91 Å². The molecule has 2 aromatic heterocycles. The van der Waals surface area contributed by atoms with Crippen LogP contribution in [0.1, 0.15) is 54.4 Å². The number of benzene rings is 1. The lowest BCUT2D eigenvalue weighted by Crippen LogP contribution is -2.30. The van der Waals surface area contributed by atoms with Crippen LogP contribution < -0.4 is 5.32 Å². The molecule has 160 valence electrons. The van der Waals surface area contributed by atoms with Gasteiger partial charge in [-0.3, -0.25) is 4.79 Å². The third kappa shape index (κ3) is 4.63. The van der Waals surface area contributed by atoms with E-state index in [1.165, 1.54) is 24.1 Å². The molecule has 0 aliphatic heterocycles. The number of hydrogen-bond donors (Lipinski definition) is 1. The van der Waals surface area contributed by atoms with Gasteiger partial charge in [-0.2, -0.15) is 18.3 Å². The second-order valence-electron chi connectivity index (χ2n) is 7.53. The van der Waals surface area contributed by atoms with E-state index in [9.17, 15) is 18.0 Å². The number of halogens is 3. The van der Waals surface area contributed by atoms with Crippen LogP contribution in [0, 0.1) is 13.8 Å². The predicted octanol–water partition coefficient (Wildman–Crippen LogP) is 4.90. The molecular formula is C22H25F3N4O. The molecule has 0 saturated carbocycles. The fourth-order valence-electron chi connectivity index (χ4n) is 3.58. The molecule has 0 saturated heterocycles. The molecule has 0 bridgehead atoms. The van der Waals surface area contributed by atoms with Crippen molar-refractivity contribution in [2.45, 2.75) is 59.3 Å². The van der Waals surface area contributed by atoms with Gasteiger partial charge in [0.15, 0.2) is 5.65 Å². The minimum Gasteiger partial charge on any atom is -0.348 e. The summed E-state index contributed by atoms with van der Waals surface area (Å²) in [4.78, 5) is 16.8. The third-order valence-corrected chi connectivity index (χ3v) is 5.00. The van der Waals surface area contributed by atoms with E-state index >= 15 is 0 Å². The molecule has 0 aliphatic rings. The van der Waals surface area contributed by atoms with Crippen LogP contribution in [0.25, 0.3) is 11.0 Å². The average Bonchev–Trinajstić information content (AvgIpc) is 2.96. The van der Waals surface area contributed by atoms with Crippen LogP contribution in [-0.4, -0.2) is 20.7 Å². The number of hydrogen-bond acceptors (Lipinski definition) is 3. The quantitative estimate of drug-likeness (QED) is 0.620. The fraction of sp³-hybridized carbons (Fsp3) is 0.409. The highest BCUT2D eigenvalue weighted by Gasteiger charge is 2.35. The molecule has 0 aliphatic carbocycles. The topological polar surface area (TPSA) is 59.8 Å². The van der Waals surface area contributed by atoms with Crippen LogP contribution in [0.5, 0.6) is 0 Å². The number of rotatable bonds is 6. The Labute approximate surface area is 173 Å². The zero-order chi connectivity index (χ0) is 22.1. The molecule has 0 radical (unpaired) electrons. The van der Waals surface area contributed by atoms with Crippen LogP contribution in [0.15, 0.2) is 30.3 Å². The molecule has 3 rings (SSSR count). The Kier molecular flexibility index (Phi) is 6.14. The summed E-state index contributed by atoms with van der Waals surface area (Å²) in [5, 5.41) is 6.96. The largest absolute Gasteiger partial charge is 0.417 e. The number of carbonyl (C=O) groups is 1.